The standard InChI is InChI=1S/C24H29BrF3NO2Si/c1-22(2,32(3,4)31)13-12-18-19(25)6-5-7-20(18)29-21(30)16-8-10-17(11-9-16)23(14-15-23)24(26,27)28/h5-11,31H,12-15H2,1-4H3,(H,29,30). The zero-order valence-electron chi connectivity index (χ0n) is 18.7. The van der Waals surface area contributed by atoms with E-state index in [1.54, 1.807) is 0 Å². The molecule has 1 aliphatic rings. The van der Waals surface area contributed by atoms with E-state index in [1.165, 1.54) is 24.3 Å². The number of carbonyl (C=O) groups excluding carboxylic acids is 1. The van der Waals surface area contributed by atoms with Crippen LogP contribution in [0.25, 0.3) is 0 Å². The molecular formula is C24H29BrF3NO2Si. The molecule has 0 aromatic heterocycles. The number of benzene rings is 2. The number of nitrogens with one attached hydrogen (secondary N) is 1. The lowest BCUT2D eigenvalue weighted by Crippen LogP contribution is -2.39. The molecule has 0 aliphatic heterocycles. The van der Waals surface area contributed by atoms with Crippen molar-refractivity contribution in [1.82, 2.24) is 0 Å². The minimum atomic E-state index is -4.28. The third-order valence-corrected chi connectivity index (χ3v) is 11.3. The van der Waals surface area contributed by atoms with Crippen molar-refractivity contribution < 1.29 is 22.8 Å². The van der Waals surface area contributed by atoms with Crippen LogP contribution in [0, 0.1) is 0 Å². The molecule has 1 fully saturated rings. The van der Waals surface area contributed by atoms with Crippen LogP contribution in [0.4, 0.5) is 18.9 Å². The van der Waals surface area contributed by atoms with Gasteiger partial charge in [0.05, 0.1) is 5.41 Å². The summed E-state index contributed by atoms with van der Waals surface area (Å²) in [7, 11) is -2.37. The van der Waals surface area contributed by atoms with Gasteiger partial charge in [-0.3, -0.25) is 4.79 Å². The first kappa shape index (κ1) is 25.0. The molecule has 0 saturated heterocycles. The molecule has 0 spiro atoms. The Morgan fingerprint density at radius 2 is 1.72 bits per heavy atom. The molecule has 2 N–H and O–H groups in total. The average Bonchev–Trinajstić information content (AvgIpc) is 3.49. The van der Waals surface area contributed by atoms with Crippen LogP contribution in [-0.2, 0) is 11.8 Å². The summed E-state index contributed by atoms with van der Waals surface area (Å²) in [6, 6.07) is 11.3. The Balaban J connectivity index is 1.77. The lowest BCUT2D eigenvalue weighted by Gasteiger charge is -2.35. The van der Waals surface area contributed by atoms with Gasteiger partial charge in [-0.2, -0.15) is 13.2 Å². The Bertz CT molecular complexity index is 994. The molecule has 3 nitrogen and oxygen atoms in total. The third-order valence-electron chi connectivity index (χ3n) is 7.02. The van der Waals surface area contributed by atoms with Gasteiger partial charge in [-0.1, -0.05) is 48.0 Å². The van der Waals surface area contributed by atoms with E-state index in [-0.39, 0.29) is 29.4 Å². The molecule has 0 unspecified atom stereocenters. The predicted octanol–water partition coefficient (Wildman–Crippen LogP) is 7.21. The molecule has 1 amide bonds. The van der Waals surface area contributed by atoms with Gasteiger partial charge in [0.1, 0.15) is 0 Å². The van der Waals surface area contributed by atoms with Gasteiger partial charge in [-0.05, 0) is 79.2 Å². The van der Waals surface area contributed by atoms with Crippen molar-refractivity contribution in [2.24, 2.45) is 0 Å². The molecule has 8 heteroatoms. The van der Waals surface area contributed by atoms with Crippen molar-refractivity contribution >= 4 is 35.8 Å². The maximum absolute atomic E-state index is 13.3. The van der Waals surface area contributed by atoms with Crippen LogP contribution < -0.4 is 5.32 Å². The summed E-state index contributed by atoms with van der Waals surface area (Å²) >= 11 is 3.56. The first-order valence-corrected chi connectivity index (χ1v) is 14.4. The molecule has 1 aliphatic carbocycles. The average molecular weight is 528 g/mol. The Kier molecular flexibility index (Phi) is 6.72. The van der Waals surface area contributed by atoms with Crippen molar-refractivity contribution in [2.45, 2.75) is 69.3 Å². The van der Waals surface area contributed by atoms with Gasteiger partial charge in [0, 0.05) is 15.7 Å². The monoisotopic (exact) mass is 527 g/mol. The topological polar surface area (TPSA) is 49.3 Å². The first-order chi connectivity index (χ1) is 14.7. The van der Waals surface area contributed by atoms with Gasteiger partial charge in [-0.25, -0.2) is 0 Å². The van der Waals surface area contributed by atoms with Crippen LogP contribution in [-0.4, -0.2) is 25.2 Å². The number of hydrogen-bond donors (Lipinski definition) is 2. The van der Waals surface area contributed by atoms with Gasteiger partial charge in [0.2, 0.25) is 0 Å². The molecule has 32 heavy (non-hydrogen) atoms. The molecule has 0 atom stereocenters. The van der Waals surface area contributed by atoms with Crippen molar-refractivity contribution in [3.8, 4) is 0 Å². The van der Waals surface area contributed by atoms with E-state index in [0.29, 0.717) is 17.7 Å². The van der Waals surface area contributed by atoms with E-state index in [4.69, 9.17) is 0 Å². The first-order valence-electron chi connectivity index (χ1n) is 10.7. The zero-order valence-corrected chi connectivity index (χ0v) is 21.3. The third kappa shape index (κ3) is 4.97. The summed E-state index contributed by atoms with van der Waals surface area (Å²) in [6.07, 6.45) is -2.68. The summed E-state index contributed by atoms with van der Waals surface area (Å²) in [5.41, 5.74) is 0.341. The van der Waals surface area contributed by atoms with E-state index >= 15 is 0 Å². The number of hydrogen-bond acceptors (Lipinski definition) is 2. The molecule has 3 rings (SSSR count). The van der Waals surface area contributed by atoms with Crippen molar-refractivity contribution in [3.63, 3.8) is 0 Å². The molecule has 2 aromatic carbocycles. The summed E-state index contributed by atoms with van der Waals surface area (Å²) in [5, 5.41) is 2.69. The van der Waals surface area contributed by atoms with Gasteiger partial charge in [0.15, 0.2) is 8.32 Å². The lowest BCUT2D eigenvalue weighted by atomic mass is 9.94. The van der Waals surface area contributed by atoms with E-state index in [2.05, 4.69) is 35.1 Å². The second-order valence-electron chi connectivity index (χ2n) is 9.82. The van der Waals surface area contributed by atoms with Gasteiger partial charge >= 0.3 is 6.18 Å². The summed E-state index contributed by atoms with van der Waals surface area (Å²) in [4.78, 5) is 23.4. The lowest BCUT2D eigenvalue weighted by molar-refractivity contribution is -0.160. The predicted molar refractivity (Wildman–Crippen MR) is 128 cm³/mol. The molecular weight excluding hydrogens is 499 g/mol. The Morgan fingerprint density at radius 3 is 2.22 bits per heavy atom. The molecule has 0 heterocycles. The van der Waals surface area contributed by atoms with E-state index in [9.17, 15) is 22.8 Å². The van der Waals surface area contributed by atoms with Crippen LogP contribution in [0.5, 0.6) is 0 Å². The zero-order chi connectivity index (χ0) is 23.9. The van der Waals surface area contributed by atoms with Crippen molar-refractivity contribution in [1.29, 1.82) is 0 Å². The van der Waals surface area contributed by atoms with Crippen LogP contribution in [0.3, 0.4) is 0 Å². The SMILES string of the molecule is CC(C)(CCc1c(Br)cccc1NC(=O)c1ccc(C2(C(F)(F)F)CC2)cc1)[Si](C)(C)O. The number of carbonyl (C=O) groups is 1. The largest absolute Gasteiger partial charge is 0.432 e. The van der Waals surface area contributed by atoms with Crippen LogP contribution in [0.15, 0.2) is 46.9 Å². The maximum atomic E-state index is 13.3. The highest BCUT2D eigenvalue weighted by molar-refractivity contribution is 9.10. The summed E-state index contributed by atoms with van der Waals surface area (Å²) < 4.78 is 40.9. The van der Waals surface area contributed by atoms with Crippen LogP contribution in [0.1, 0.15) is 54.6 Å². The molecule has 2 aromatic rings. The molecule has 1 saturated carbocycles. The number of halogens is 4. The van der Waals surface area contributed by atoms with Crippen molar-refractivity contribution in [3.05, 3.63) is 63.6 Å². The maximum Gasteiger partial charge on any atom is 0.398 e. The van der Waals surface area contributed by atoms with Gasteiger partial charge in [-0.15, -0.1) is 0 Å². The van der Waals surface area contributed by atoms with Gasteiger partial charge in [0.25, 0.3) is 5.91 Å². The van der Waals surface area contributed by atoms with E-state index in [1.807, 2.05) is 31.3 Å². The smallest absolute Gasteiger partial charge is 0.398 e. The highest BCUT2D eigenvalue weighted by Crippen LogP contribution is 2.58. The van der Waals surface area contributed by atoms with Crippen LogP contribution in [0.2, 0.25) is 18.1 Å². The fraction of sp³-hybridized carbons (Fsp3) is 0.458. The number of amides is 1. The van der Waals surface area contributed by atoms with Gasteiger partial charge < -0.3 is 10.1 Å². The second kappa shape index (κ2) is 8.61. The second-order valence-corrected chi connectivity index (χ2v) is 15.1. The Morgan fingerprint density at radius 1 is 1.12 bits per heavy atom. The minimum absolute atomic E-state index is 0.0906. The molecule has 0 bridgehead atoms. The van der Waals surface area contributed by atoms with Crippen LogP contribution >= 0.6 is 15.9 Å². The quantitative estimate of drug-likeness (QED) is 0.373. The number of rotatable bonds is 7. The molecule has 174 valence electrons. The fourth-order valence-electron chi connectivity index (χ4n) is 3.67. The Hall–Kier alpha value is -1.64. The van der Waals surface area contributed by atoms with E-state index in [0.717, 1.165) is 16.5 Å². The minimum Gasteiger partial charge on any atom is -0.432 e. The highest BCUT2D eigenvalue weighted by Gasteiger charge is 2.64. The number of anilines is 1. The summed E-state index contributed by atoms with van der Waals surface area (Å²) in [5.74, 6) is -0.371. The fourth-order valence-corrected chi connectivity index (χ4v) is 4.97. The normalized spacial score (nSPS) is 16.0. The molecule has 0 radical (unpaired) electrons. The number of alkyl halides is 3. The Labute approximate surface area is 196 Å². The highest BCUT2D eigenvalue weighted by atomic mass is 79.9. The van der Waals surface area contributed by atoms with Crippen molar-refractivity contribution in [2.75, 3.05) is 5.32 Å². The van der Waals surface area contributed by atoms with E-state index < -0.39 is 19.9 Å². The summed E-state index contributed by atoms with van der Waals surface area (Å²) in [6.45, 7) is 7.96.